The molecule has 0 saturated carbocycles. The van der Waals surface area contributed by atoms with E-state index in [2.05, 4.69) is 15.5 Å². The van der Waals surface area contributed by atoms with Gasteiger partial charge in [0, 0.05) is 6.54 Å². The number of morpholine rings is 1. The second-order valence-electron chi connectivity index (χ2n) is 5.64. The second-order valence-corrected chi connectivity index (χ2v) is 5.64. The SMILES string of the molecule is C[C@@H]1CN(C(=O)Cc2ccc(-n3cnnn3)cc2)[C@@H](C)CO1. The molecule has 1 fully saturated rings. The Morgan fingerprint density at radius 1 is 1.32 bits per heavy atom. The lowest BCUT2D eigenvalue weighted by atomic mass is 10.1. The Bertz CT molecular complexity index is 626. The van der Waals surface area contributed by atoms with Gasteiger partial charge in [-0.3, -0.25) is 4.79 Å². The summed E-state index contributed by atoms with van der Waals surface area (Å²) in [6.07, 6.45) is 2.03. The fourth-order valence-electron chi connectivity index (χ4n) is 2.57. The van der Waals surface area contributed by atoms with Crippen molar-refractivity contribution in [2.45, 2.75) is 32.4 Å². The van der Waals surface area contributed by atoms with E-state index in [-0.39, 0.29) is 18.1 Å². The minimum Gasteiger partial charge on any atom is -0.375 e. The fraction of sp³-hybridized carbons (Fsp3) is 0.467. The van der Waals surface area contributed by atoms with E-state index >= 15 is 0 Å². The molecule has 1 aliphatic heterocycles. The monoisotopic (exact) mass is 301 g/mol. The topological polar surface area (TPSA) is 73.1 Å². The number of hydrogen-bond donors (Lipinski definition) is 0. The number of ether oxygens (including phenoxy) is 1. The first-order valence-electron chi connectivity index (χ1n) is 7.37. The first-order valence-corrected chi connectivity index (χ1v) is 7.37. The summed E-state index contributed by atoms with van der Waals surface area (Å²) >= 11 is 0. The predicted molar refractivity (Wildman–Crippen MR) is 79.4 cm³/mol. The lowest BCUT2D eigenvalue weighted by molar-refractivity contribution is -0.142. The van der Waals surface area contributed by atoms with Crippen LogP contribution in [0.2, 0.25) is 0 Å². The molecule has 0 unspecified atom stereocenters. The normalized spacial score (nSPS) is 21.8. The Labute approximate surface area is 128 Å². The Balaban J connectivity index is 1.66. The molecule has 0 radical (unpaired) electrons. The van der Waals surface area contributed by atoms with Crippen LogP contribution in [-0.2, 0) is 16.0 Å². The average Bonchev–Trinajstić information content (AvgIpc) is 3.05. The lowest BCUT2D eigenvalue weighted by Gasteiger charge is -2.36. The zero-order valence-electron chi connectivity index (χ0n) is 12.7. The highest BCUT2D eigenvalue weighted by molar-refractivity contribution is 5.79. The Kier molecular flexibility index (Phi) is 4.15. The van der Waals surface area contributed by atoms with E-state index in [1.165, 1.54) is 6.33 Å². The standard InChI is InChI=1S/C15H19N5O2/c1-11-9-22-12(2)8-19(11)15(21)7-13-3-5-14(6-4-13)20-10-16-17-18-20/h3-6,10-12H,7-9H2,1-2H3/t11-,12+/m0/s1. The summed E-state index contributed by atoms with van der Waals surface area (Å²) in [6.45, 7) is 5.27. The van der Waals surface area contributed by atoms with Gasteiger partial charge in [-0.15, -0.1) is 5.10 Å². The van der Waals surface area contributed by atoms with Crippen molar-refractivity contribution in [3.05, 3.63) is 36.2 Å². The Morgan fingerprint density at radius 3 is 2.77 bits per heavy atom. The van der Waals surface area contributed by atoms with Gasteiger partial charge in [-0.2, -0.15) is 0 Å². The number of carbonyl (C=O) groups excluding carboxylic acids is 1. The van der Waals surface area contributed by atoms with Crippen molar-refractivity contribution in [3.63, 3.8) is 0 Å². The predicted octanol–water partition coefficient (Wildman–Crippen LogP) is 0.841. The van der Waals surface area contributed by atoms with Gasteiger partial charge in [0.25, 0.3) is 0 Å². The summed E-state index contributed by atoms with van der Waals surface area (Å²) in [5.74, 6) is 0.137. The number of nitrogens with zero attached hydrogens (tertiary/aromatic N) is 5. The summed E-state index contributed by atoms with van der Waals surface area (Å²) < 4.78 is 7.14. The minimum absolute atomic E-state index is 0.0994. The highest BCUT2D eigenvalue weighted by Gasteiger charge is 2.27. The Hall–Kier alpha value is -2.28. The largest absolute Gasteiger partial charge is 0.375 e. The van der Waals surface area contributed by atoms with Gasteiger partial charge in [-0.25, -0.2) is 4.68 Å². The molecular weight excluding hydrogens is 282 g/mol. The molecule has 0 N–H and O–H groups in total. The van der Waals surface area contributed by atoms with E-state index in [9.17, 15) is 4.79 Å². The van der Waals surface area contributed by atoms with Crippen LogP contribution in [0.4, 0.5) is 0 Å². The van der Waals surface area contributed by atoms with Crippen molar-refractivity contribution in [1.82, 2.24) is 25.1 Å². The molecule has 7 nitrogen and oxygen atoms in total. The number of aromatic nitrogens is 4. The Morgan fingerprint density at radius 2 is 2.09 bits per heavy atom. The third kappa shape index (κ3) is 3.14. The zero-order chi connectivity index (χ0) is 15.5. The number of carbonyl (C=O) groups is 1. The molecule has 0 spiro atoms. The highest BCUT2D eigenvalue weighted by Crippen LogP contribution is 2.15. The quantitative estimate of drug-likeness (QED) is 0.840. The van der Waals surface area contributed by atoms with E-state index in [0.29, 0.717) is 19.6 Å². The van der Waals surface area contributed by atoms with Crippen LogP contribution >= 0.6 is 0 Å². The molecule has 7 heteroatoms. The van der Waals surface area contributed by atoms with E-state index in [1.54, 1.807) is 4.68 Å². The van der Waals surface area contributed by atoms with Gasteiger partial charge < -0.3 is 9.64 Å². The van der Waals surface area contributed by atoms with Gasteiger partial charge in [0.15, 0.2) is 0 Å². The van der Waals surface area contributed by atoms with E-state index in [4.69, 9.17) is 4.74 Å². The summed E-state index contributed by atoms with van der Waals surface area (Å²) in [6, 6.07) is 7.81. The van der Waals surface area contributed by atoms with E-state index in [0.717, 1.165) is 11.3 Å². The average molecular weight is 301 g/mol. The van der Waals surface area contributed by atoms with Crippen molar-refractivity contribution in [2.75, 3.05) is 13.2 Å². The molecule has 116 valence electrons. The smallest absolute Gasteiger partial charge is 0.227 e. The third-order valence-electron chi connectivity index (χ3n) is 3.83. The van der Waals surface area contributed by atoms with Crippen LogP contribution in [0.15, 0.2) is 30.6 Å². The summed E-state index contributed by atoms with van der Waals surface area (Å²) in [4.78, 5) is 14.4. The summed E-state index contributed by atoms with van der Waals surface area (Å²) in [5, 5.41) is 11.0. The maximum Gasteiger partial charge on any atom is 0.227 e. The number of hydrogen-bond acceptors (Lipinski definition) is 5. The van der Waals surface area contributed by atoms with Crippen LogP contribution in [0.3, 0.4) is 0 Å². The maximum absolute atomic E-state index is 12.5. The van der Waals surface area contributed by atoms with Gasteiger partial charge in [-0.05, 0) is 42.0 Å². The van der Waals surface area contributed by atoms with Crippen LogP contribution in [0.1, 0.15) is 19.4 Å². The molecule has 22 heavy (non-hydrogen) atoms. The van der Waals surface area contributed by atoms with Crippen molar-refractivity contribution >= 4 is 5.91 Å². The zero-order valence-corrected chi connectivity index (χ0v) is 12.7. The van der Waals surface area contributed by atoms with E-state index in [1.807, 2.05) is 43.0 Å². The minimum atomic E-state index is 0.0994. The van der Waals surface area contributed by atoms with Gasteiger partial charge in [0.1, 0.15) is 6.33 Å². The van der Waals surface area contributed by atoms with Crippen LogP contribution in [0, 0.1) is 0 Å². The molecule has 0 bridgehead atoms. The summed E-state index contributed by atoms with van der Waals surface area (Å²) in [5.41, 5.74) is 1.85. The molecule has 2 aromatic rings. The van der Waals surface area contributed by atoms with Crippen LogP contribution in [-0.4, -0.2) is 56.3 Å². The van der Waals surface area contributed by atoms with Gasteiger partial charge in [0.2, 0.25) is 5.91 Å². The first kappa shape index (κ1) is 14.6. The number of rotatable bonds is 3. The molecule has 2 heterocycles. The van der Waals surface area contributed by atoms with E-state index < -0.39 is 0 Å². The van der Waals surface area contributed by atoms with Crippen LogP contribution < -0.4 is 0 Å². The maximum atomic E-state index is 12.5. The third-order valence-corrected chi connectivity index (χ3v) is 3.83. The molecule has 0 aliphatic carbocycles. The first-order chi connectivity index (χ1) is 10.6. The van der Waals surface area contributed by atoms with Crippen molar-refractivity contribution in [3.8, 4) is 5.69 Å². The number of tetrazole rings is 1. The molecule has 1 aromatic carbocycles. The molecule has 2 atom stereocenters. The number of amides is 1. The fourth-order valence-corrected chi connectivity index (χ4v) is 2.57. The number of benzene rings is 1. The van der Waals surface area contributed by atoms with Crippen molar-refractivity contribution in [1.29, 1.82) is 0 Å². The molecule has 1 amide bonds. The molecule has 1 aromatic heterocycles. The van der Waals surface area contributed by atoms with Crippen molar-refractivity contribution < 1.29 is 9.53 Å². The molecular formula is C15H19N5O2. The van der Waals surface area contributed by atoms with Gasteiger partial charge in [0.05, 0.1) is 30.9 Å². The van der Waals surface area contributed by atoms with Gasteiger partial charge in [-0.1, -0.05) is 12.1 Å². The molecule has 1 aliphatic rings. The van der Waals surface area contributed by atoms with Crippen LogP contribution in [0.25, 0.3) is 5.69 Å². The highest BCUT2D eigenvalue weighted by atomic mass is 16.5. The lowest BCUT2D eigenvalue weighted by Crippen LogP contribution is -2.50. The van der Waals surface area contributed by atoms with Crippen LogP contribution in [0.5, 0.6) is 0 Å². The second kappa shape index (κ2) is 6.23. The molecule has 1 saturated heterocycles. The van der Waals surface area contributed by atoms with Crippen molar-refractivity contribution in [2.24, 2.45) is 0 Å². The molecule has 3 rings (SSSR count). The van der Waals surface area contributed by atoms with Gasteiger partial charge >= 0.3 is 0 Å². The summed E-state index contributed by atoms with van der Waals surface area (Å²) in [7, 11) is 0.